The van der Waals surface area contributed by atoms with Gasteiger partial charge in [0.05, 0.1) is 7.11 Å². The van der Waals surface area contributed by atoms with E-state index in [-0.39, 0.29) is 12.4 Å². The molecule has 2 aliphatic rings. The highest BCUT2D eigenvalue weighted by molar-refractivity contribution is 5.85. The zero-order valence-corrected chi connectivity index (χ0v) is 13.9. The SMILES string of the molecule is COc1ccc(CCC(=O)N2CCC3CCC(C2)N3)cc1.Cl. The Kier molecular flexibility index (Phi) is 6.09. The summed E-state index contributed by atoms with van der Waals surface area (Å²) >= 11 is 0. The molecule has 5 heteroatoms. The van der Waals surface area contributed by atoms with E-state index in [0.29, 0.717) is 24.4 Å². The third-order valence-corrected chi connectivity index (χ3v) is 4.66. The number of carbonyl (C=O) groups excluding carboxylic acids is 1. The van der Waals surface area contributed by atoms with Crippen molar-refractivity contribution in [2.75, 3.05) is 20.2 Å². The lowest BCUT2D eigenvalue weighted by atomic mass is 10.1. The second-order valence-electron chi connectivity index (χ2n) is 6.11. The number of likely N-dealkylation sites (tertiary alicyclic amines) is 1. The molecule has 0 spiro atoms. The van der Waals surface area contributed by atoms with Gasteiger partial charge in [-0.2, -0.15) is 0 Å². The number of hydrogen-bond donors (Lipinski definition) is 1. The molecule has 3 rings (SSSR count). The first kappa shape index (κ1) is 17.1. The number of nitrogens with zero attached hydrogens (tertiary/aromatic N) is 1. The summed E-state index contributed by atoms with van der Waals surface area (Å²) in [6.45, 7) is 1.80. The van der Waals surface area contributed by atoms with Gasteiger partial charge in [0.2, 0.25) is 5.91 Å². The first-order chi connectivity index (χ1) is 10.2. The monoisotopic (exact) mass is 324 g/mol. The fourth-order valence-corrected chi connectivity index (χ4v) is 3.37. The van der Waals surface area contributed by atoms with E-state index in [9.17, 15) is 4.79 Å². The van der Waals surface area contributed by atoms with Crippen LogP contribution in [-0.4, -0.2) is 43.1 Å². The Bertz CT molecular complexity index is 492. The number of aryl methyl sites for hydroxylation is 1. The van der Waals surface area contributed by atoms with Crippen LogP contribution in [0.3, 0.4) is 0 Å². The van der Waals surface area contributed by atoms with Gasteiger partial charge in [0.1, 0.15) is 5.75 Å². The molecule has 1 aromatic carbocycles. The Balaban J connectivity index is 0.00000176. The molecular formula is C17H25ClN2O2. The molecule has 4 nitrogen and oxygen atoms in total. The number of methoxy groups -OCH3 is 1. The molecule has 1 aromatic rings. The number of ether oxygens (including phenoxy) is 1. The summed E-state index contributed by atoms with van der Waals surface area (Å²) in [6.07, 6.45) is 5.00. The van der Waals surface area contributed by atoms with Crippen LogP contribution in [-0.2, 0) is 11.2 Å². The molecule has 2 atom stereocenters. The molecular weight excluding hydrogens is 300 g/mol. The lowest BCUT2D eigenvalue weighted by Crippen LogP contribution is -2.39. The predicted molar refractivity (Wildman–Crippen MR) is 89.7 cm³/mol. The van der Waals surface area contributed by atoms with E-state index in [2.05, 4.69) is 10.2 Å². The highest BCUT2D eigenvalue weighted by atomic mass is 35.5. The third kappa shape index (κ3) is 4.14. The number of carbonyl (C=O) groups is 1. The molecule has 2 heterocycles. The maximum Gasteiger partial charge on any atom is 0.222 e. The van der Waals surface area contributed by atoms with Crippen molar-refractivity contribution in [3.63, 3.8) is 0 Å². The highest BCUT2D eigenvalue weighted by Crippen LogP contribution is 2.21. The molecule has 122 valence electrons. The Morgan fingerprint density at radius 1 is 1.23 bits per heavy atom. The van der Waals surface area contributed by atoms with Gasteiger partial charge in [0, 0.05) is 31.6 Å². The van der Waals surface area contributed by atoms with Crippen LogP contribution >= 0.6 is 12.4 Å². The largest absolute Gasteiger partial charge is 0.497 e. The molecule has 2 fully saturated rings. The summed E-state index contributed by atoms with van der Waals surface area (Å²) in [4.78, 5) is 14.5. The Morgan fingerprint density at radius 3 is 2.68 bits per heavy atom. The van der Waals surface area contributed by atoms with Crippen LogP contribution in [0.25, 0.3) is 0 Å². The summed E-state index contributed by atoms with van der Waals surface area (Å²) < 4.78 is 5.15. The number of rotatable bonds is 4. The lowest BCUT2D eigenvalue weighted by Gasteiger charge is -2.24. The molecule has 1 N–H and O–H groups in total. The van der Waals surface area contributed by atoms with Crippen LogP contribution in [0.4, 0.5) is 0 Å². The van der Waals surface area contributed by atoms with Gasteiger partial charge >= 0.3 is 0 Å². The number of benzene rings is 1. The zero-order valence-electron chi connectivity index (χ0n) is 13.1. The Labute approximate surface area is 138 Å². The van der Waals surface area contributed by atoms with Crippen molar-refractivity contribution in [3.05, 3.63) is 29.8 Å². The fraction of sp³-hybridized carbons (Fsp3) is 0.588. The van der Waals surface area contributed by atoms with Crippen molar-refractivity contribution in [1.82, 2.24) is 10.2 Å². The van der Waals surface area contributed by atoms with Gasteiger partial charge in [-0.3, -0.25) is 4.79 Å². The van der Waals surface area contributed by atoms with Gasteiger partial charge < -0.3 is 15.0 Å². The smallest absolute Gasteiger partial charge is 0.222 e. The third-order valence-electron chi connectivity index (χ3n) is 4.66. The second kappa shape index (κ2) is 7.84. The van der Waals surface area contributed by atoms with E-state index in [4.69, 9.17) is 4.74 Å². The molecule has 0 aromatic heterocycles. The van der Waals surface area contributed by atoms with Gasteiger partial charge in [-0.1, -0.05) is 12.1 Å². The number of halogens is 1. The van der Waals surface area contributed by atoms with Crippen molar-refractivity contribution >= 4 is 18.3 Å². The minimum atomic E-state index is 0. The Hall–Kier alpha value is -1.26. The van der Waals surface area contributed by atoms with Gasteiger partial charge in [-0.15, -0.1) is 12.4 Å². The molecule has 2 unspecified atom stereocenters. The molecule has 2 saturated heterocycles. The van der Waals surface area contributed by atoms with E-state index in [0.717, 1.165) is 31.7 Å². The van der Waals surface area contributed by atoms with Crippen LogP contribution in [0.5, 0.6) is 5.75 Å². The minimum Gasteiger partial charge on any atom is -0.497 e. The quantitative estimate of drug-likeness (QED) is 0.924. The molecule has 0 radical (unpaired) electrons. The maximum absolute atomic E-state index is 12.4. The van der Waals surface area contributed by atoms with Crippen molar-refractivity contribution in [2.45, 2.75) is 44.2 Å². The van der Waals surface area contributed by atoms with Crippen molar-refractivity contribution < 1.29 is 9.53 Å². The minimum absolute atomic E-state index is 0. The van der Waals surface area contributed by atoms with Gasteiger partial charge in [-0.25, -0.2) is 0 Å². The Morgan fingerprint density at radius 2 is 1.95 bits per heavy atom. The van der Waals surface area contributed by atoms with Crippen molar-refractivity contribution in [2.24, 2.45) is 0 Å². The number of fused-ring (bicyclic) bond motifs is 2. The standard InChI is InChI=1S/C17H24N2O2.ClH/c1-21-16-7-2-13(3-8-16)4-9-17(20)19-11-10-14-5-6-15(12-19)18-14;/h2-3,7-8,14-15,18H,4-6,9-12H2,1H3;1H. The molecule has 22 heavy (non-hydrogen) atoms. The van der Waals surface area contributed by atoms with Crippen molar-refractivity contribution in [3.8, 4) is 5.75 Å². The average molecular weight is 325 g/mol. The van der Waals surface area contributed by atoms with Crippen molar-refractivity contribution in [1.29, 1.82) is 0 Å². The van der Waals surface area contributed by atoms with E-state index >= 15 is 0 Å². The van der Waals surface area contributed by atoms with E-state index < -0.39 is 0 Å². The molecule has 2 aliphatic heterocycles. The summed E-state index contributed by atoms with van der Waals surface area (Å²) in [5.74, 6) is 1.15. The highest BCUT2D eigenvalue weighted by Gasteiger charge is 2.30. The van der Waals surface area contributed by atoms with E-state index in [1.807, 2.05) is 24.3 Å². The molecule has 0 saturated carbocycles. The summed E-state index contributed by atoms with van der Waals surface area (Å²) in [5.41, 5.74) is 1.19. The maximum atomic E-state index is 12.4. The normalized spacial score (nSPS) is 23.6. The first-order valence-corrected chi connectivity index (χ1v) is 7.91. The topological polar surface area (TPSA) is 41.6 Å². The molecule has 2 bridgehead atoms. The van der Waals surface area contributed by atoms with Crippen LogP contribution in [0.15, 0.2) is 24.3 Å². The van der Waals surface area contributed by atoms with E-state index in [1.165, 1.54) is 18.4 Å². The number of nitrogens with one attached hydrogen (secondary N) is 1. The van der Waals surface area contributed by atoms with Crippen LogP contribution in [0.1, 0.15) is 31.2 Å². The summed E-state index contributed by atoms with van der Waals surface area (Å²) in [5, 5.41) is 3.62. The first-order valence-electron chi connectivity index (χ1n) is 7.91. The molecule has 0 aliphatic carbocycles. The van der Waals surface area contributed by atoms with Crippen LogP contribution in [0, 0.1) is 0 Å². The number of amides is 1. The second-order valence-corrected chi connectivity index (χ2v) is 6.11. The van der Waals surface area contributed by atoms with Gasteiger partial charge in [0.25, 0.3) is 0 Å². The van der Waals surface area contributed by atoms with Gasteiger partial charge in [0.15, 0.2) is 0 Å². The molecule has 1 amide bonds. The average Bonchev–Trinajstić information content (AvgIpc) is 2.84. The summed E-state index contributed by atoms with van der Waals surface area (Å²) in [6, 6.07) is 9.14. The fourth-order valence-electron chi connectivity index (χ4n) is 3.37. The van der Waals surface area contributed by atoms with E-state index in [1.54, 1.807) is 7.11 Å². The summed E-state index contributed by atoms with van der Waals surface area (Å²) in [7, 11) is 1.67. The van der Waals surface area contributed by atoms with Crippen LogP contribution < -0.4 is 10.1 Å². The van der Waals surface area contributed by atoms with Gasteiger partial charge in [-0.05, 0) is 43.4 Å². The lowest BCUT2D eigenvalue weighted by molar-refractivity contribution is -0.131. The van der Waals surface area contributed by atoms with Crippen LogP contribution in [0.2, 0.25) is 0 Å². The number of hydrogen-bond acceptors (Lipinski definition) is 3. The zero-order chi connectivity index (χ0) is 14.7. The predicted octanol–water partition coefficient (Wildman–Crippen LogP) is 2.40.